The first-order valence-electron chi connectivity index (χ1n) is 10.3. The van der Waals surface area contributed by atoms with Crippen LogP contribution in [0, 0.1) is 0 Å². The molecule has 1 aliphatic carbocycles. The van der Waals surface area contributed by atoms with Crippen LogP contribution in [-0.2, 0) is 9.53 Å². The monoisotopic (exact) mass is 446 g/mol. The predicted molar refractivity (Wildman–Crippen MR) is 122 cm³/mol. The molecule has 0 bridgehead atoms. The third kappa shape index (κ3) is 4.50. The van der Waals surface area contributed by atoms with Crippen molar-refractivity contribution in [2.45, 2.75) is 5.92 Å². The number of ether oxygens (including phenoxy) is 2. The van der Waals surface area contributed by atoms with Crippen LogP contribution in [0.3, 0.4) is 0 Å². The lowest BCUT2D eigenvalue weighted by molar-refractivity contribution is -0.115. The second kappa shape index (κ2) is 9.44. The summed E-state index contributed by atoms with van der Waals surface area (Å²) in [4.78, 5) is 36.0. The molecule has 0 unspecified atom stereocenters. The maximum atomic E-state index is 12.3. The summed E-state index contributed by atoms with van der Waals surface area (Å²) in [6.45, 7) is -0.273. The number of carbonyl (C=O) groups excluding carboxylic acids is 2. The van der Waals surface area contributed by atoms with Gasteiger partial charge in [-0.15, -0.1) is 0 Å². The minimum Gasteiger partial charge on any atom is -0.495 e. The first-order chi connectivity index (χ1) is 16.0. The number of aromatic carboxylic acids is 1. The number of carbonyl (C=O) groups is 3. The maximum absolute atomic E-state index is 12.3. The normalized spacial score (nSPS) is 11.8. The highest BCUT2D eigenvalue weighted by Crippen LogP contribution is 2.44. The molecule has 3 aromatic carbocycles. The van der Waals surface area contributed by atoms with Crippen LogP contribution in [0.15, 0.2) is 66.7 Å². The van der Waals surface area contributed by atoms with Crippen LogP contribution in [0.25, 0.3) is 11.1 Å². The predicted octanol–water partition coefficient (Wildman–Crippen LogP) is 3.87. The fraction of sp³-hybridized carbons (Fsp3) is 0.160. The average molecular weight is 446 g/mol. The Morgan fingerprint density at radius 1 is 0.909 bits per heavy atom. The molecule has 33 heavy (non-hydrogen) atoms. The Morgan fingerprint density at radius 3 is 2.15 bits per heavy atom. The van der Waals surface area contributed by atoms with Gasteiger partial charge in [0.2, 0.25) is 5.91 Å². The van der Waals surface area contributed by atoms with Crippen LogP contribution >= 0.6 is 0 Å². The number of carboxylic acids is 1. The van der Waals surface area contributed by atoms with Crippen LogP contribution in [0.2, 0.25) is 0 Å². The number of methoxy groups -OCH3 is 1. The van der Waals surface area contributed by atoms with E-state index in [2.05, 4.69) is 10.6 Å². The quantitative estimate of drug-likeness (QED) is 0.508. The molecule has 8 nitrogen and oxygen atoms in total. The highest BCUT2D eigenvalue weighted by Gasteiger charge is 2.29. The largest absolute Gasteiger partial charge is 0.495 e. The van der Waals surface area contributed by atoms with Crippen molar-refractivity contribution in [3.63, 3.8) is 0 Å². The number of para-hydroxylation sites is 1. The molecule has 8 heteroatoms. The molecular formula is C25H22N2O6. The number of benzene rings is 3. The van der Waals surface area contributed by atoms with E-state index in [9.17, 15) is 19.5 Å². The van der Waals surface area contributed by atoms with Crippen LogP contribution in [0.5, 0.6) is 5.75 Å². The Hall–Kier alpha value is -4.33. The number of carboxylic acid groups (broad SMARTS) is 1. The molecule has 0 heterocycles. The third-order valence-electron chi connectivity index (χ3n) is 5.48. The zero-order valence-corrected chi connectivity index (χ0v) is 17.8. The highest BCUT2D eigenvalue weighted by molar-refractivity contribution is 6.03. The van der Waals surface area contributed by atoms with Gasteiger partial charge in [0.1, 0.15) is 18.9 Å². The Kier molecular flexibility index (Phi) is 6.26. The van der Waals surface area contributed by atoms with Crippen molar-refractivity contribution in [1.82, 2.24) is 5.32 Å². The van der Waals surface area contributed by atoms with Gasteiger partial charge in [-0.05, 0) is 34.4 Å². The molecule has 0 fully saturated rings. The molecule has 1 aliphatic rings. The Morgan fingerprint density at radius 2 is 1.55 bits per heavy atom. The lowest BCUT2D eigenvalue weighted by Crippen LogP contribution is -2.34. The Balaban J connectivity index is 1.36. The second-order valence-corrected chi connectivity index (χ2v) is 7.42. The van der Waals surface area contributed by atoms with Gasteiger partial charge in [0.25, 0.3) is 0 Å². The number of rotatable bonds is 7. The van der Waals surface area contributed by atoms with Crippen LogP contribution in [0.4, 0.5) is 10.5 Å². The molecule has 3 aromatic rings. The summed E-state index contributed by atoms with van der Waals surface area (Å²) >= 11 is 0. The summed E-state index contributed by atoms with van der Waals surface area (Å²) in [6.07, 6.45) is -0.745. The van der Waals surface area contributed by atoms with Gasteiger partial charge in [-0.25, -0.2) is 9.59 Å². The zero-order chi connectivity index (χ0) is 23.4. The summed E-state index contributed by atoms with van der Waals surface area (Å²) in [6, 6.07) is 20.3. The number of amides is 2. The van der Waals surface area contributed by atoms with Gasteiger partial charge in [0.15, 0.2) is 0 Å². The minimum atomic E-state index is -1.21. The van der Waals surface area contributed by atoms with Crippen molar-refractivity contribution in [1.29, 1.82) is 0 Å². The molecule has 3 N–H and O–H groups in total. The van der Waals surface area contributed by atoms with Gasteiger partial charge in [-0.1, -0.05) is 54.6 Å². The van der Waals surface area contributed by atoms with E-state index in [4.69, 9.17) is 9.47 Å². The van der Waals surface area contributed by atoms with Gasteiger partial charge in [-0.2, -0.15) is 0 Å². The molecule has 0 aromatic heterocycles. The average Bonchev–Trinajstić information content (AvgIpc) is 3.15. The number of nitrogens with one attached hydrogen (secondary N) is 2. The Labute approximate surface area is 190 Å². The molecular weight excluding hydrogens is 424 g/mol. The van der Waals surface area contributed by atoms with Crippen molar-refractivity contribution in [2.24, 2.45) is 0 Å². The highest BCUT2D eigenvalue weighted by atomic mass is 16.5. The fourth-order valence-electron chi connectivity index (χ4n) is 3.99. The number of alkyl carbamates (subject to hydrolysis) is 1. The molecule has 168 valence electrons. The van der Waals surface area contributed by atoms with E-state index < -0.39 is 24.5 Å². The van der Waals surface area contributed by atoms with Gasteiger partial charge in [-0.3, -0.25) is 4.79 Å². The lowest BCUT2D eigenvalue weighted by atomic mass is 9.98. The summed E-state index contributed by atoms with van der Waals surface area (Å²) in [7, 11) is 1.37. The molecule has 4 rings (SSSR count). The number of hydrogen-bond donors (Lipinski definition) is 3. The van der Waals surface area contributed by atoms with Gasteiger partial charge in [0, 0.05) is 5.92 Å². The van der Waals surface area contributed by atoms with E-state index in [0.29, 0.717) is 0 Å². The third-order valence-corrected chi connectivity index (χ3v) is 5.48. The summed E-state index contributed by atoms with van der Waals surface area (Å²) in [5.41, 5.74) is 4.30. The standard InChI is InChI=1S/C25H22N2O6/c1-32-21-12-6-11-19(24(29)30)23(21)27-22(28)13-26-25(31)33-14-20-17-9-4-2-7-15(17)16-8-3-5-10-18(16)20/h2-12,20H,13-14H2,1H3,(H,26,31)(H,27,28)(H,29,30). The van der Waals surface area contributed by atoms with Crippen LogP contribution in [-0.4, -0.2) is 43.3 Å². The molecule has 0 aliphatic heterocycles. The van der Waals surface area contributed by atoms with Crippen molar-refractivity contribution < 1.29 is 29.0 Å². The molecule has 0 saturated heterocycles. The molecule has 0 radical (unpaired) electrons. The lowest BCUT2D eigenvalue weighted by Gasteiger charge is -2.15. The summed E-state index contributed by atoms with van der Waals surface area (Å²) in [5, 5.41) is 14.2. The van der Waals surface area contributed by atoms with Gasteiger partial charge < -0.3 is 25.2 Å². The van der Waals surface area contributed by atoms with E-state index in [0.717, 1.165) is 22.3 Å². The van der Waals surface area contributed by atoms with Crippen LogP contribution < -0.4 is 15.4 Å². The van der Waals surface area contributed by atoms with Gasteiger partial charge >= 0.3 is 12.1 Å². The van der Waals surface area contributed by atoms with E-state index in [1.807, 2.05) is 48.5 Å². The first kappa shape index (κ1) is 21.9. The summed E-state index contributed by atoms with van der Waals surface area (Å²) < 4.78 is 10.5. The molecule has 0 saturated carbocycles. The minimum absolute atomic E-state index is 0.0202. The number of fused-ring (bicyclic) bond motifs is 3. The molecule has 2 amide bonds. The zero-order valence-electron chi connectivity index (χ0n) is 17.8. The van der Waals surface area contributed by atoms with Crippen molar-refractivity contribution in [3.8, 4) is 16.9 Å². The van der Waals surface area contributed by atoms with E-state index in [1.54, 1.807) is 0 Å². The second-order valence-electron chi connectivity index (χ2n) is 7.42. The van der Waals surface area contributed by atoms with Gasteiger partial charge in [0.05, 0.1) is 18.4 Å². The number of hydrogen-bond acceptors (Lipinski definition) is 5. The smallest absolute Gasteiger partial charge is 0.407 e. The van der Waals surface area contributed by atoms with Crippen LogP contribution in [0.1, 0.15) is 27.4 Å². The van der Waals surface area contributed by atoms with E-state index in [1.165, 1.54) is 25.3 Å². The molecule has 0 spiro atoms. The molecule has 0 atom stereocenters. The Bertz CT molecular complexity index is 1180. The SMILES string of the molecule is COc1cccc(C(=O)O)c1NC(=O)CNC(=O)OCC1c2ccccc2-c2ccccc21. The van der Waals surface area contributed by atoms with Crippen molar-refractivity contribution in [2.75, 3.05) is 25.6 Å². The topological polar surface area (TPSA) is 114 Å². The maximum Gasteiger partial charge on any atom is 0.407 e. The van der Waals surface area contributed by atoms with Crippen molar-refractivity contribution in [3.05, 3.63) is 83.4 Å². The first-order valence-corrected chi connectivity index (χ1v) is 10.3. The fourth-order valence-corrected chi connectivity index (χ4v) is 3.99. The number of anilines is 1. The van der Waals surface area contributed by atoms with E-state index >= 15 is 0 Å². The summed E-state index contributed by atoms with van der Waals surface area (Å²) in [5.74, 6) is -1.72. The van der Waals surface area contributed by atoms with E-state index in [-0.39, 0.29) is 29.5 Å². The van der Waals surface area contributed by atoms with Crippen molar-refractivity contribution >= 4 is 23.7 Å².